The van der Waals surface area contributed by atoms with E-state index in [1.165, 1.54) is 0 Å². The molecular formula is C24H43N3O5Si. The summed E-state index contributed by atoms with van der Waals surface area (Å²) in [7, 11) is 1.58. The molecule has 4 unspecified atom stereocenters. The summed E-state index contributed by atoms with van der Waals surface area (Å²) in [4.78, 5) is 16.9. The van der Waals surface area contributed by atoms with Crippen molar-refractivity contribution in [3.63, 3.8) is 0 Å². The van der Waals surface area contributed by atoms with Gasteiger partial charge in [0.15, 0.2) is 14.1 Å². The molecule has 0 aromatic carbocycles. The summed E-state index contributed by atoms with van der Waals surface area (Å²) in [5.41, 5.74) is -0.277. The molecule has 188 valence electrons. The van der Waals surface area contributed by atoms with Crippen LogP contribution in [-0.4, -0.2) is 80.6 Å². The molecule has 0 aliphatic carbocycles. The fourth-order valence-electron chi connectivity index (χ4n) is 3.91. The monoisotopic (exact) mass is 481 g/mol. The lowest BCUT2D eigenvalue weighted by Gasteiger charge is -2.40. The van der Waals surface area contributed by atoms with Crippen molar-refractivity contribution in [1.29, 1.82) is 5.26 Å². The van der Waals surface area contributed by atoms with Gasteiger partial charge in [0.2, 0.25) is 0 Å². The molecule has 9 heteroatoms. The molecule has 2 saturated heterocycles. The van der Waals surface area contributed by atoms with Crippen LogP contribution >= 0.6 is 0 Å². The number of carbonyl (C=O) groups excluding carboxylic acids is 1. The summed E-state index contributed by atoms with van der Waals surface area (Å²) in [6.45, 7) is 20.4. The first-order chi connectivity index (χ1) is 14.8. The summed E-state index contributed by atoms with van der Waals surface area (Å²) in [6, 6.07) is 1.18. The summed E-state index contributed by atoms with van der Waals surface area (Å²) in [6.07, 6.45) is 0.272. The van der Waals surface area contributed by atoms with Crippen LogP contribution in [0.1, 0.15) is 55.4 Å². The lowest BCUT2D eigenvalue weighted by Crippen LogP contribution is -2.52. The number of nitrogens with zero attached hydrogens (tertiary/aromatic N) is 3. The first-order valence-electron chi connectivity index (χ1n) is 11.6. The number of rotatable bonds is 5. The zero-order valence-electron chi connectivity index (χ0n) is 22.5. The molecule has 0 N–H and O–H groups in total. The number of hydrogen-bond acceptors (Lipinski definition) is 7. The van der Waals surface area contributed by atoms with E-state index in [2.05, 4.69) is 39.9 Å². The molecular weight excluding hydrogens is 438 g/mol. The first kappa shape index (κ1) is 27.6. The van der Waals surface area contributed by atoms with Gasteiger partial charge in [0.05, 0.1) is 24.3 Å². The predicted octanol–water partition coefficient (Wildman–Crippen LogP) is 4.49. The van der Waals surface area contributed by atoms with Crippen LogP contribution in [0.4, 0.5) is 4.79 Å². The van der Waals surface area contributed by atoms with Crippen LogP contribution in [0.15, 0.2) is 11.8 Å². The van der Waals surface area contributed by atoms with Crippen molar-refractivity contribution in [1.82, 2.24) is 9.80 Å². The van der Waals surface area contributed by atoms with Crippen LogP contribution < -0.4 is 0 Å². The van der Waals surface area contributed by atoms with Gasteiger partial charge in [-0.1, -0.05) is 20.8 Å². The summed E-state index contributed by atoms with van der Waals surface area (Å²) < 4.78 is 24.9. The van der Waals surface area contributed by atoms with E-state index in [-0.39, 0.29) is 11.6 Å². The number of hydrogen-bond donors (Lipinski definition) is 0. The Hall–Kier alpha value is -1.60. The number of amides is 1. The predicted molar refractivity (Wildman–Crippen MR) is 130 cm³/mol. The molecule has 2 rings (SSSR count). The highest BCUT2D eigenvalue weighted by atomic mass is 28.4. The number of ether oxygens (including phenoxy) is 3. The molecule has 2 fully saturated rings. The number of fused-ring (bicyclic) bond motifs is 1. The molecule has 2 aliphatic rings. The maximum Gasteiger partial charge on any atom is 0.411 e. The highest BCUT2D eigenvalue weighted by molar-refractivity contribution is 6.74. The topological polar surface area (TPSA) is 84.3 Å². The zero-order chi connectivity index (χ0) is 25.6. The van der Waals surface area contributed by atoms with E-state index in [4.69, 9.17) is 18.6 Å². The highest BCUT2D eigenvalue weighted by Gasteiger charge is 2.61. The van der Waals surface area contributed by atoms with Crippen LogP contribution in [0.3, 0.4) is 0 Å². The minimum Gasteiger partial charge on any atom is -0.444 e. The Morgan fingerprint density at radius 3 is 2.15 bits per heavy atom. The normalized spacial score (nSPS) is 27.8. The van der Waals surface area contributed by atoms with Crippen LogP contribution in [0.5, 0.6) is 0 Å². The zero-order valence-corrected chi connectivity index (χ0v) is 23.5. The van der Waals surface area contributed by atoms with E-state index in [0.717, 1.165) is 0 Å². The third-order valence-electron chi connectivity index (χ3n) is 6.38. The van der Waals surface area contributed by atoms with E-state index >= 15 is 0 Å². The smallest absolute Gasteiger partial charge is 0.411 e. The molecule has 4 atom stereocenters. The Bertz CT molecular complexity index is 804. The van der Waals surface area contributed by atoms with Gasteiger partial charge in [0, 0.05) is 20.3 Å². The van der Waals surface area contributed by atoms with Crippen molar-refractivity contribution in [3.05, 3.63) is 11.8 Å². The van der Waals surface area contributed by atoms with Gasteiger partial charge in [0.1, 0.15) is 23.9 Å². The average Bonchev–Trinajstić information content (AvgIpc) is 3.05. The van der Waals surface area contributed by atoms with Crippen LogP contribution in [0.2, 0.25) is 18.1 Å². The molecule has 0 spiro atoms. The molecule has 0 aromatic rings. The third-order valence-corrected chi connectivity index (χ3v) is 10.9. The minimum atomic E-state index is -2.11. The number of likely N-dealkylation sites (tertiary alicyclic amines) is 1. The Morgan fingerprint density at radius 2 is 1.70 bits per heavy atom. The summed E-state index contributed by atoms with van der Waals surface area (Å²) >= 11 is 0. The van der Waals surface area contributed by atoms with Crippen molar-refractivity contribution < 1.29 is 23.4 Å². The first-order valence-corrected chi connectivity index (χ1v) is 14.5. The van der Waals surface area contributed by atoms with E-state index in [9.17, 15) is 10.1 Å². The van der Waals surface area contributed by atoms with Crippen molar-refractivity contribution >= 4 is 14.4 Å². The lowest BCUT2D eigenvalue weighted by atomic mass is 10.0. The van der Waals surface area contributed by atoms with Crippen LogP contribution in [0.25, 0.3) is 0 Å². The maximum atomic E-state index is 13.5. The van der Waals surface area contributed by atoms with E-state index < -0.39 is 50.1 Å². The molecule has 0 saturated carbocycles. The van der Waals surface area contributed by atoms with Crippen LogP contribution in [0, 0.1) is 11.3 Å². The van der Waals surface area contributed by atoms with Gasteiger partial charge in [-0.3, -0.25) is 4.90 Å². The fourth-order valence-corrected chi connectivity index (χ4v) is 4.93. The molecule has 2 aliphatic heterocycles. The van der Waals surface area contributed by atoms with Crippen molar-refractivity contribution in [2.45, 2.75) is 109 Å². The molecule has 8 nitrogen and oxygen atoms in total. The van der Waals surface area contributed by atoms with E-state index in [0.29, 0.717) is 5.57 Å². The van der Waals surface area contributed by atoms with Crippen molar-refractivity contribution in [3.8, 4) is 6.07 Å². The second kappa shape index (κ2) is 9.21. The molecule has 2 heterocycles. The van der Waals surface area contributed by atoms with Crippen molar-refractivity contribution in [2.75, 3.05) is 20.7 Å². The quantitative estimate of drug-likeness (QED) is 0.423. The fraction of sp³-hybridized carbons (Fsp3) is 0.833. The SMILES string of the molecule is CN(C)/C=C(\C#N)C1C2OC(C)(C)OC2C(CO[Si](C)(C)C(C)(C)C)N1C(=O)OC(C)(C)C. The molecule has 0 aromatic heterocycles. The van der Waals surface area contributed by atoms with Gasteiger partial charge in [0.25, 0.3) is 0 Å². The second-order valence-corrected chi connectivity index (χ2v) is 17.0. The Morgan fingerprint density at radius 1 is 1.15 bits per heavy atom. The Labute approximate surface area is 200 Å². The van der Waals surface area contributed by atoms with Gasteiger partial charge in [-0.15, -0.1) is 0 Å². The lowest BCUT2D eigenvalue weighted by molar-refractivity contribution is -0.166. The molecule has 0 bridgehead atoms. The third kappa shape index (κ3) is 6.30. The molecule has 1 amide bonds. The minimum absolute atomic E-state index is 0.0100. The standard InChI is InChI=1S/C24H43N3O5Si/c1-22(2,3)32-21(28)27-17(15-29-33(11,12)23(4,5)6)19-20(31-24(7,8)30-19)18(27)16(13-25)14-26(9)10/h14,17-20H,15H2,1-12H3/b16-14+. The maximum absolute atomic E-state index is 13.5. The van der Waals surface area contributed by atoms with Crippen LogP contribution in [-0.2, 0) is 18.6 Å². The van der Waals surface area contributed by atoms with Crippen molar-refractivity contribution in [2.24, 2.45) is 0 Å². The van der Waals surface area contributed by atoms with Gasteiger partial charge in [-0.05, 0) is 52.8 Å². The van der Waals surface area contributed by atoms with Gasteiger partial charge in [-0.2, -0.15) is 5.26 Å². The summed E-state index contributed by atoms with van der Waals surface area (Å²) in [5.74, 6) is -0.832. The second-order valence-electron chi connectivity index (χ2n) is 12.2. The number of nitriles is 1. The van der Waals surface area contributed by atoms with E-state index in [1.54, 1.807) is 16.0 Å². The highest BCUT2D eigenvalue weighted by Crippen LogP contribution is 2.44. The van der Waals surface area contributed by atoms with Gasteiger partial charge in [-0.25, -0.2) is 4.79 Å². The Balaban J connectivity index is 2.55. The van der Waals surface area contributed by atoms with E-state index in [1.807, 2.05) is 48.7 Å². The Kier molecular flexibility index (Phi) is 7.72. The van der Waals surface area contributed by atoms with Gasteiger partial charge < -0.3 is 23.5 Å². The summed E-state index contributed by atoms with van der Waals surface area (Å²) in [5, 5.41) is 10.0. The average molecular weight is 482 g/mol. The molecule has 33 heavy (non-hydrogen) atoms. The number of carbonyl (C=O) groups is 1. The largest absolute Gasteiger partial charge is 0.444 e. The molecule has 0 radical (unpaired) electrons. The van der Waals surface area contributed by atoms with Gasteiger partial charge >= 0.3 is 6.09 Å².